The summed E-state index contributed by atoms with van der Waals surface area (Å²) in [4.78, 5) is 4.49. The molecule has 1 saturated heterocycles. The highest BCUT2D eigenvalue weighted by atomic mass is 16.5. The Morgan fingerprint density at radius 3 is 2.91 bits per heavy atom. The number of hydrogen-bond donors (Lipinski definition) is 0. The predicted octanol–water partition coefficient (Wildman–Crippen LogP) is 2.72. The van der Waals surface area contributed by atoms with E-state index in [-0.39, 0.29) is 11.7 Å². The molecule has 0 radical (unpaired) electrons. The first kappa shape index (κ1) is 13.4. The number of ether oxygens (including phenoxy) is 1. The lowest BCUT2D eigenvalue weighted by atomic mass is 10.1. The highest BCUT2D eigenvalue weighted by molar-refractivity contribution is 5.57. The Balaban J connectivity index is 1.66. The molecule has 1 aliphatic heterocycles. The SMILES string of the molecule is Cc1nnc2ccc(-c3noc([C@@H]4CCC(C)(C)O4)n3)cn12. The number of hydrogen-bond acceptors (Lipinski definition) is 6. The first-order valence-corrected chi connectivity index (χ1v) is 7.35. The smallest absolute Gasteiger partial charge is 0.256 e. The van der Waals surface area contributed by atoms with Crippen LogP contribution in [0.4, 0.5) is 0 Å². The lowest BCUT2D eigenvalue weighted by molar-refractivity contribution is -0.0292. The van der Waals surface area contributed by atoms with E-state index < -0.39 is 0 Å². The van der Waals surface area contributed by atoms with Gasteiger partial charge < -0.3 is 9.26 Å². The van der Waals surface area contributed by atoms with E-state index in [0.717, 1.165) is 29.9 Å². The lowest BCUT2D eigenvalue weighted by Gasteiger charge is -2.17. The average Bonchev–Trinajstić information content (AvgIpc) is 3.18. The molecule has 0 amide bonds. The van der Waals surface area contributed by atoms with Crippen molar-refractivity contribution >= 4 is 5.65 Å². The molecule has 4 heterocycles. The minimum absolute atomic E-state index is 0.114. The summed E-state index contributed by atoms with van der Waals surface area (Å²) < 4.78 is 13.2. The van der Waals surface area contributed by atoms with Crippen LogP contribution in [0.25, 0.3) is 17.0 Å². The first-order valence-electron chi connectivity index (χ1n) is 7.35. The van der Waals surface area contributed by atoms with Gasteiger partial charge in [0.1, 0.15) is 11.9 Å². The zero-order valence-corrected chi connectivity index (χ0v) is 12.8. The fraction of sp³-hybridized carbons (Fsp3) is 0.467. The summed E-state index contributed by atoms with van der Waals surface area (Å²) in [7, 11) is 0. The second-order valence-corrected chi connectivity index (χ2v) is 6.25. The number of aromatic nitrogens is 5. The zero-order valence-electron chi connectivity index (χ0n) is 12.8. The van der Waals surface area contributed by atoms with Crippen molar-refractivity contribution in [3.05, 3.63) is 30.0 Å². The van der Waals surface area contributed by atoms with E-state index in [0.29, 0.717) is 11.7 Å². The van der Waals surface area contributed by atoms with Gasteiger partial charge in [0.15, 0.2) is 5.65 Å². The highest BCUT2D eigenvalue weighted by Crippen LogP contribution is 2.38. The lowest BCUT2D eigenvalue weighted by Crippen LogP contribution is -2.17. The van der Waals surface area contributed by atoms with Crippen molar-refractivity contribution in [1.82, 2.24) is 24.7 Å². The van der Waals surface area contributed by atoms with Gasteiger partial charge in [-0.2, -0.15) is 4.98 Å². The Hall–Kier alpha value is -2.28. The standard InChI is InChI=1S/C15H17N5O2/c1-9-17-18-12-5-4-10(8-20(9)12)13-16-14(22-19-13)11-6-7-15(2,3)21-11/h4-5,8,11H,6-7H2,1-3H3/t11-/m0/s1. The Morgan fingerprint density at radius 2 is 2.14 bits per heavy atom. The van der Waals surface area contributed by atoms with Gasteiger partial charge in [-0.05, 0) is 45.7 Å². The van der Waals surface area contributed by atoms with Crippen LogP contribution in [0.1, 0.15) is 44.5 Å². The van der Waals surface area contributed by atoms with Gasteiger partial charge in [0, 0.05) is 11.8 Å². The van der Waals surface area contributed by atoms with Gasteiger partial charge in [0.25, 0.3) is 5.89 Å². The molecule has 7 heteroatoms. The second-order valence-electron chi connectivity index (χ2n) is 6.25. The van der Waals surface area contributed by atoms with Crippen LogP contribution in [0, 0.1) is 6.92 Å². The van der Waals surface area contributed by atoms with E-state index in [9.17, 15) is 0 Å². The topological polar surface area (TPSA) is 78.3 Å². The molecule has 7 nitrogen and oxygen atoms in total. The van der Waals surface area contributed by atoms with E-state index >= 15 is 0 Å². The molecule has 0 aliphatic carbocycles. The average molecular weight is 299 g/mol. The molecule has 0 saturated carbocycles. The molecule has 22 heavy (non-hydrogen) atoms. The van der Waals surface area contributed by atoms with Crippen LogP contribution in [0.2, 0.25) is 0 Å². The molecule has 0 N–H and O–H groups in total. The number of pyridine rings is 1. The van der Waals surface area contributed by atoms with Crippen molar-refractivity contribution in [2.75, 3.05) is 0 Å². The molecule has 3 aromatic rings. The summed E-state index contributed by atoms with van der Waals surface area (Å²) >= 11 is 0. The molecule has 3 aromatic heterocycles. The Labute approximate surface area is 127 Å². The normalized spacial score (nSPS) is 20.8. The van der Waals surface area contributed by atoms with Gasteiger partial charge in [-0.3, -0.25) is 4.40 Å². The summed E-state index contributed by atoms with van der Waals surface area (Å²) in [6.45, 7) is 6.06. The predicted molar refractivity (Wildman–Crippen MR) is 78.2 cm³/mol. The van der Waals surface area contributed by atoms with Gasteiger partial charge in [-0.25, -0.2) is 0 Å². The molecule has 4 rings (SSSR count). The molecular formula is C15H17N5O2. The van der Waals surface area contributed by atoms with Crippen LogP contribution < -0.4 is 0 Å². The van der Waals surface area contributed by atoms with Crippen LogP contribution in [0.5, 0.6) is 0 Å². The third-order valence-corrected chi connectivity index (χ3v) is 4.02. The van der Waals surface area contributed by atoms with Gasteiger partial charge in [-0.15, -0.1) is 10.2 Å². The number of fused-ring (bicyclic) bond motifs is 1. The molecule has 1 atom stereocenters. The van der Waals surface area contributed by atoms with Gasteiger partial charge in [0.2, 0.25) is 5.82 Å². The van der Waals surface area contributed by atoms with Crippen LogP contribution in [0.15, 0.2) is 22.9 Å². The number of aryl methyl sites for hydroxylation is 1. The van der Waals surface area contributed by atoms with E-state index in [4.69, 9.17) is 9.26 Å². The molecule has 0 spiro atoms. The van der Waals surface area contributed by atoms with Crippen molar-refractivity contribution in [3.63, 3.8) is 0 Å². The third kappa shape index (κ3) is 2.18. The largest absolute Gasteiger partial charge is 0.363 e. The van der Waals surface area contributed by atoms with Gasteiger partial charge in [-0.1, -0.05) is 5.16 Å². The molecule has 0 bridgehead atoms. The van der Waals surface area contributed by atoms with Crippen molar-refractivity contribution in [2.24, 2.45) is 0 Å². The van der Waals surface area contributed by atoms with Gasteiger partial charge >= 0.3 is 0 Å². The first-order chi connectivity index (χ1) is 10.5. The second kappa shape index (κ2) is 4.61. The van der Waals surface area contributed by atoms with Crippen molar-refractivity contribution in [2.45, 2.75) is 45.3 Å². The number of rotatable bonds is 2. The molecule has 114 valence electrons. The quantitative estimate of drug-likeness (QED) is 0.724. The van der Waals surface area contributed by atoms with Crippen molar-refractivity contribution in [1.29, 1.82) is 0 Å². The van der Waals surface area contributed by atoms with Crippen LogP contribution in [0.3, 0.4) is 0 Å². The Kier molecular flexibility index (Phi) is 2.80. The monoisotopic (exact) mass is 299 g/mol. The Bertz CT molecular complexity index is 835. The molecule has 1 aliphatic rings. The summed E-state index contributed by atoms with van der Waals surface area (Å²) in [5, 5.41) is 12.2. The van der Waals surface area contributed by atoms with E-state index in [1.54, 1.807) is 0 Å². The maximum Gasteiger partial charge on any atom is 0.256 e. The molecule has 0 unspecified atom stereocenters. The third-order valence-electron chi connectivity index (χ3n) is 4.02. The van der Waals surface area contributed by atoms with E-state index in [1.165, 1.54) is 0 Å². The summed E-state index contributed by atoms with van der Waals surface area (Å²) in [5.41, 5.74) is 1.53. The summed E-state index contributed by atoms with van der Waals surface area (Å²) in [6.07, 6.45) is 3.69. The fourth-order valence-corrected chi connectivity index (χ4v) is 2.78. The van der Waals surface area contributed by atoms with Crippen LogP contribution in [-0.4, -0.2) is 30.3 Å². The zero-order chi connectivity index (χ0) is 15.3. The minimum Gasteiger partial charge on any atom is -0.363 e. The van der Waals surface area contributed by atoms with Gasteiger partial charge in [0.05, 0.1) is 5.60 Å². The van der Waals surface area contributed by atoms with E-state index in [1.807, 2.05) is 29.7 Å². The highest BCUT2D eigenvalue weighted by Gasteiger charge is 2.35. The summed E-state index contributed by atoms with van der Waals surface area (Å²) in [6, 6.07) is 3.80. The number of nitrogens with zero attached hydrogens (tertiary/aromatic N) is 5. The maximum absolute atomic E-state index is 5.94. The molecule has 1 fully saturated rings. The molecular weight excluding hydrogens is 282 g/mol. The fourth-order valence-electron chi connectivity index (χ4n) is 2.78. The van der Waals surface area contributed by atoms with Crippen molar-refractivity contribution in [3.8, 4) is 11.4 Å². The Morgan fingerprint density at radius 1 is 1.27 bits per heavy atom. The van der Waals surface area contributed by atoms with Crippen molar-refractivity contribution < 1.29 is 9.26 Å². The molecule has 0 aromatic carbocycles. The minimum atomic E-state index is -0.127. The summed E-state index contributed by atoms with van der Waals surface area (Å²) in [5.74, 6) is 1.92. The maximum atomic E-state index is 5.94. The van der Waals surface area contributed by atoms with Crippen LogP contribution in [-0.2, 0) is 4.74 Å². The van der Waals surface area contributed by atoms with Crippen LogP contribution >= 0.6 is 0 Å². The van der Waals surface area contributed by atoms with E-state index in [2.05, 4.69) is 34.2 Å².